The maximum atomic E-state index is 13.5. The van der Waals surface area contributed by atoms with Crippen LogP contribution in [0.2, 0.25) is 0 Å². The lowest BCUT2D eigenvalue weighted by atomic mass is 10.2. The van der Waals surface area contributed by atoms with Crippen LogP contribution in [-0.2, 0) is 0 Å². The van der Waals surface area contributed by atoms with Gasteiger partial charge in [0.15, 0.2) is 0 Å². The first-order chi connectivity index (χ1) is 9.38. The smallest absolute Gasteiger partial charge is 0.293 e. The Morgan fingerprint density at radius 2 is 2.15 bits per heavy atom. The van der Waals surface area contributed by atoms with E-state index in [1.54, 1.807) is 26.0 Å². The molecule has 1 aromatic carbocycles. The highest BCUT2D eigenvalue weighted by Gasteiger charge is 2.20. The van der Waals surface area contributed by atoms with Gasteiger partial charge < -0.3 is 9.73 Å². The lowest BCUT2D eigenvalue weighted by molar-refractivity contribution is -0.384. The predicted octanol–water partition coefficient (Wildman–Crippen LogP) is 4.57. The molecule has 106 valence electrons. The first-order valence-corrected chi connectivity index (χ1v) is 6.64. The molecule has 1 heterocycles. The number of furan rings is 1. The number of rotatable bonds is 4. The summed E-state index contributed by atoms with van der Waals surface area (Å²) in [6.45, 7) is 3.58. The van der Waals surface area contributed by atoms with Crippen molar-refractivity contribution in [2.24, 2.45) is 0 Å². The summed E-state index contributed by atoms with van der Waals surface area (Å²) in [4.78, 5) is 10.4. The van der Waals surface area contributed by atoms with Gasteiger partial charge in [0, 0.05) is 12.1 Å². The van der Waals surface area contributed by atoms with E-state index < -0.39 is 10.7 Å². The molecule has 0 spiro atoms. The second-order valence-electron chi connectivity index (χ2n) is 4.36. The Morgan fingerprint density at radius 3 is 2.70 bits per heavy atom. The van der Waals surface area contributed by atoms with Crippen molar-refractivity contribution in [1.82, 2.24) is 0 Å². The zero-order valence-electron chi connectivity index (χ0n) is 10.8. The van der Waals surface area contributed by atoms with Gasteiger partial charge in [-0.3, -0.25) is 10.1 Å². The van der Waals surface area contributed by atoms with Crippen LogP contribution in [-0.4, -0.2) is 4.92 Å². The number of anilines is 1. The molecular formula is C13H12BrFN2O3. The SMILES string of the molecule is Cc1ccc(C(C)Nc2cc(F)c(Br)cc2[N+](=O)[O-])o1. The molecule has 0 fully saturated rings. The van der Waals surface area contributed by atoms with E-state index in [1.807, 2.05) is 0 Å². The monoisotopic (exact) mass is 342 g/mol. The molecule has 1 unspecified atom stereocenters. The van der Waals surface area contributed by atoms with Crippen molar-refractivity contribution in [3.63, 3.8) is 0 Å². The van der Waals surface area contributed by atoms with E-state index in [2.05, 4.69) is 21.2 Å². The van der Waals surface area contributed by atoms with Crippen LogP contribution in [0.1, 0.15) is 24.5 Å². The fraction of sp³-hybridized carbons (Fsp3) is 0.231. The summed E-state index contributed by atoms with van der Waals surface area (Å²) in [6, 6.07) is 5.48. The fourth-order valence-corrected chi connectivity index (χ4v) is 2.12. The number of nitro groups is 1. The summed E-state index contributed by atoms with van der Waals surface area (Å²) in [6.07, 6.45) is 0. The summed E-state index contributed by atoms with van der Waals surface area (Å²) < 4.78 is 19.0. The Morgan fingerprint density at radius 1 is 1.45 bits per heavy atom. The number of hydrogen-bond donors (Lipinski definition) is 1. The Kier molecular flexibility index (Phi) is 4.08. The van der Waals surface area contributed by atoms with Crippen molar-refractivity contribution in [3.05, 3.63) is 56.2 Å². The molecule has 0 amide bonds. The van der Waals surface area contributed by atoms with E-state index in [0.29, 0.717) is 5.76 Å². The zero-order valence-corrected chi connectivity index (χ0v) is 12.4. The quantitative estimate of drug-likeness (QED) is 0.652. The van der Waals surface area contributed by atoms with Gasteiger partial charge in [-0.25, -0.2) is 4.39 Å². The maximum Gasteiger partial charge on any atom is 0.293 e. The third kappa shape index (κ3) is 2.98. The average molecular weight is 343 g/mol. The number of nitrogens with one attached hydrogen (secondary N) is 1. The topological polar surface area (TPSA) is 68.3 Å². The van der Waals surface area contributed by atoms with Crippen molar-refractivity contribution >= 4 is 27.3 Å². The average Bonchev–Trinajstić information content (AvgIpc) is 2.80. The molecule has 2 rings (SSSR count). The van der Waals surface area contributed by atoms with Gasteiger partial charge in [-0.2, -0.15) is 0 Å². The second kappa shape index (κ2) is 5.62. The lowest BCUT2D eigenvalue weighted by Crippen LogP contribution is -2.08. The van der Waals surface area contributed by atoms with Gasteiger partial charge in [0.1, 0.15) is 23.0 Å². The predicted molar refractivity (Wildman–Crippen MR) is 76.2 cm³/mol. The number of halogens is 2. The molecule has 0 saturated carbocycles. The normalized spacial score (nSPS) is 12.2. The van der Waals surface area contributed by atoms with Gasteiger partial charge in [-0.1, -0.05) is 0 Å². The van der Waals surface area contributed by atoms with Crippen LogP contribution < -0.4 is 5.32 Å². The van der Waals surface area contributed by atoms with Crippen molar-refractivity contribution in [2.75, 3.05) is 5.32 Å². The molecule has 2 aromatic rings. The Hall–Kier alpha value is -1.89. The molecule has 5 nitrogen and oxygen atoms in total. The molecule has 1 aromatic heterocycles. The summed E-state index contributed by atoms with van der Waals surface area (Å²) in [5.74, 6) is 0.797. The third-order valence-corrected chi connectivity index (χ3v) is 3.40. The molecule has 0 saturated heterocycles. The Bertz CT molecular complexity index is 657. The fourth-order valence-electron chi connectivity index (χ4n) is 1.79. The Labute approximate surface area is 123 Å². The molecule has 0 aliphatic carbocycles. The van der Waals surface area contributed by atoms with Crippen molar-refractivity contribution in [3.8, 4) is 0 Å². The zero-order chi connectivity index (χ0) is 14.9. The molecule has 0 aliphatic rings. The highest BCUT2D eigenvalue weighted by Crippen LogP contribution is 2.33. The maximum absolute atomic E-state index is 13.5. The number of nitrogens with zero attached hydrogens (tertiary/aromatic N) is 1. The van der Waals surface area contributed by atoms with Crippen LogP contribution in [0, 0.1) is 22.9 Å². The van der Waals surface area contributed by atoms with E-state index in [1.165, 1.54) is 0 Å². The van der Waals surface area contributed by atoms with E-state index >= 15 is 0 Å². The van der Waals surface area contributed by atoms with Gasteiger partial charge in [0.05, 0.1) is 15.4 Å². The summed E-state index contributed by atoms with van der Waals surface area (Å²) in [5.41, 5.74) is -0.0920. The van der Waals surface area contributed by atoms with Gasteiger partial charge in [-0.15, -0.1) is 0 Å². The molecule has 0 radical (unpaired) electrons. The van der Waals surface area contributed by atoms with Gasteiger partial charge in [0.2, 0.25) is 0 Å². The molecule has 20 heavy (non-hydrogen) atoms. The molecular weight excluding hydrogens is 331 g/mol. The Balaban J connectivity index is 2.33. The molecule has 1 atom stereocenters. The minimum atomic E-state index is -0.569. The number of benzene rings is 1. The van der Waals surface area contributed by atoms with Crippen molar-refractivity contribution < 1.29 is 13.7 Å². The van der Waals surface area contributed by atoms with Crippen LogP contribution in [0.5, 0.6) is 0 Å². The van der Waals surface area contributed by atoms with Crippen LogP contribution in [0.4, 0.5) is 15.8 Å². The minimum Gasteiger partial charge on any atom is -0.464 e. The molecule has 1 N–H and O–H groups in total. The van der Waals surface area contributed by atoms with Gasteiger partial charge >= 0.3 is 0 Å². The molecule has 0 aliphatic heterocycles. The second-order valence-corrected chi connectivity index (χ2v) is 5.21. The highest BCUT2D eigenvalue weighted by atomic mass is 79.9. The standard InChI is InChI=1S/C13H12BrFN2O3/c1-7-3-4-13(20-7)8(2)16-11-6-10(15)9(14)5-12(11)17(18)19/h3-6,8,16H,1-2H3. The van der Waals surface area contributed by atoms with E-state index in [4.69, 9.17) is 4.42 Å². The van der Waals surface area contributed by atoms with Crippen molar-refractivity contribution in [1.29, 1.82) is 0 Å². The molecule has 7 heteroatoms. The number of nitro benzene ring substituents is 1. The van der Waals surface area contributed by atoms with E-state index in [9.17, 15) is 14.5 Å². The largest absolute Gasteiger partial charge is 0.464 e. The molecule has 0 bridgehead atoms. The summed E-state index contributed by atoms with van der Waals surface area (Å²) >= 11 is 2.94. The number of hydrogen-bond acceptors (Lipinski definition) is 4. The van der Waals surface area contributed by atoms with Crippen molar-refractivity contribution in [2.45, 2.75) is 19.9 Å². The van der Waals surface area contributed by atoms with E-state index in [0.717, 1.165) is 17.9 Å². The summed E-state index contributed by atoms with van der Waals surface area (Å²) in [5, 5.41) is 13.9. The summed E-state index contributed by atoms with van der Waals surface area (Å²) in [7, 11) is 0. The van der Waals surface area contributed by atoms with E-state index in [-0.39, 0.29) is 21.9 Å². The van der Waals surface area contributed by atoms with Crippen LogP contribution in [0.3, 0.4) is 0 Å². The van der Waals surface area contributed by atoms with Crippen LogP contribution >= 0.6 is 15.9 Å². The van der Waals surface area contributed by atoms with Gasteiger partial charge in [-0.05, 0) is 41.9 Å². The third-order valence-electron chi connectivity index (χ3n) is 2.80. The van der Waals surface area contributed by atoms with Crippen LogP contribution in [0.25, 0.3) is 0 Å². The highest BCUT2D eigenvalue weighted by molar-refractivity contribution is 9.10. The lowest BCUT2D eigenvalue weighted by Gasteiger charge is -2.13. The first kappa shape index (κ1) is 14.5. The van der Waals surface area contributed by atoms with Gasteiger partial charge in [0.25, 0.3) is 5.69 Å². The first-order valence-electron chi connectivity index (χ1n) is 5.85. The minimum absolute atomic E-state index is 0.0521. The van der Waals surface area contributed by atoms with Crippen LogP contribution in [0.15, 0.2) is 33.2 Å². The number of aryl methyl sites for hydroxylation is 1.